The van der Waals surface area contributed by atoms with Crippen molar-refractivity contribution in [2.45, 2.75) is 82.6 Å². The number of esters is 1. The molecule has 20 heavy (non-hydrogen) atoms. The van der Waals surface area contributed by atoms with Crippen LogP contribution >= 0.6 is 0 Å². The predicted octanol–water partition coefficient (Wildman–Crippen LogP) is 5.06. The van der Waals surface area contributed by atoms with E-state index in [-0.39, 0.29) is 34.0 Å². The van der Waals surface area contributed by atoms with Gasteiger partial charge in [0.05, 0.1) is 12.0 Å². The summed E-state index contributed by atoms with van der Waals surface area (Å²) in [6, 6.07) is 0. The fraction of sp³-hybridized carbons (Fsp3) is 0.941. The normalized spacial score (nSPS) is 10.4. The predicted molar refractivity (Wildman–Crippen MR) is 89.9 cm³/mol. The van der Waals surface area contributed by atoms with Gasteiger partial charge in [0.25, 0.3) is 0 Å². The van der Waals surface area contributed by atoms with Crippen LogP contribution in [0.5, 0.6) is 0 Å². The highest BCUT2D eigenvalue weighted by atomic mass is 16.5. The number of aliphatic hydroxyl groups excluding tert-OH is 1. The first-order chi connectivity index (χ1) is 8.16. The SMILES string of the molecule is C.C.CCC(C)(C)C(=O)OCCO.CCC(C)(C)CC. The minimum absolute atomic E-state index is 0. The third kappa shape index (κ3) is 13.9. The Balaban J connectivity index is -0.000000126. The van der Waals surface area contributed by atoms with Gasteiger partial charge in [-0.3, -0.25) is 4.79 Å². The van der Waals surface area contributed by atoms with Crippen LogP contribution in [0.2, 0.25) is 0 Å². The molecule has 0 atom stereocenters. The number of hydrogen-bond donors (Lipinski definition) is 1. The van der Waals surface area contributed by atoms with Gasteiger partial charge in [-0.2, -0.15) is 0 Å². The van der Waals surface area contributed by atoms with E-state index in [1.807, 2.05) is 20.8 Å². The maximum atomic E-state index is 11.1. The van der Waals surface area contributed by atoms with E-state index in [0.29, 0.717) is 5.41 Å². The Morgan fingerprint density at radius 3 is 1.55 bits per heavy atom. The van der Waals surface area contributed by atoms with Gasteiger partial charge < -0.3 is 9.84 Å². The second-order valence-corrected chi connectivity index (χ2v) is 5.97. The standard InChI is InChI=1S/C8H16O3.C7H16.2CH4/c1-4-8(2,3)7(10)11-6-5-9;1-5-7(3,4)6-2;;/h9H,4-6H2,1-3H3;5-6H2,1-4H3;2*1H4. The number of hydrogen-bond acceptors (Lipinski definition) is 3. The van der Waals surface area contributed by atoms with Gasteiger partial charge in [-0.05, 0) is 25.7 Å². The topological polar surface area (TPSA) is 46.5 Å². The molecule has 0 bridgehead atoms. The molecular formula is C17H40O3. The highest BCUT2D eigenvalue weighted by Crippen LogP contribution is 2.22. The van der Waals surface area contributed by atoms with E-state index in [0.717, 1.165) is 6.42 Å². The molecule has 3 nitrogen and oxygen atoms in total. The molecule has 0 fully saturated rings. The first kappa shape index (κ1) is 27.7. The van der Waals surface area contributed by atoms with Gasteiger partial charge in [0, 0.05) is 0 Å². The number of aliphatic hydroxyl groups is 1. The van der Waals surface area contributed by atoms with Crippen molar-refractivity contribution >= 4 is 5.97 Å². The summed E-state index contributed by atoms with van der Waals surface area (Å²) in [4.78, 5) is 11.1. The lowest BCUT2D eigenvalue weighted by Crippen LogP contribution is -2.26. The van der Waals surface area contributed by atoms with Crippen LogP contribution in [0.4, 0.5) is 0 Å². The van der Waals surface area contributed by atoms with Gasteiger partial charge in [-0.1, -0.05) is 62.3 Å². The Hall–Kier alpha value is -0.570. The summed E-state index contributed by atoms with van der Waals surface area (Å²) in [5.41, 5.74) is 0.162. The first-order valence-electron chi connectivity index (χ1n) is 6.95. The highest BCUT2D eigenvalue weighted by Gasteiger charge is 2.26. The molecular weight excluding hydrogens is 252 g/mol. The van der Waals surface area contributed by atoms with Crippen molar-refractivity contribution < 1.29 is 14.6 Å². The van der Waals surface area contributed by atoms with Crippen molar-refractivity contribution in [1.29, 1.82) is 0 Å². The zero-order valence-electron chi connectivity index (χ0n) is 13.3. The average Bonchev–Trinajstić information content (AvgIpc) is 2.36. The number of rotatable bonds is 6. The molecule has 0 rings (SSSR count). The summed E-state index contributed by atoms with van der Waals surface area (Å²) < 4.78 is 4.76. The molecule has 0 aromatic heterocycles. The molecule has 0 heterocycles. The lowest BCUT2D eigenvalue weighted by Gasteiger charge is -2.19. The van der Waals surface area contributed by atoms with E-state index in [9.17, 15) is 4.79 Å². The van der Waals surface area contributed by atoms with Crippen molar-refractivity contribution in [2.75, 3.05) is 13.2 Å². The Kier molecular flexibility index (Phi) is 18.6. The van der Waals surface area contributed by atoms with E-state index in [4.69, 9.17) is 9.84 Å². The minimum Gasteiger partial charge on any atom is -0.463 e. The van der Waals surface area contributed by atoms with E-state index in [1.54, 1.807) is 0 Å². The van der Waals surface area contributed by atoms with Crippen LogP contribution in [0.15, 0.2) is 0 Å². The van der Waals surface area contributed by atoms with E-state index < -0.39 is 5.41 Å². The molecule has 0 saturated heterocycles. The molecule has 0 radical (unpaired) electrons. The second kappa shape index (κ2) is 13.4. The van der Waals surface area contributed by atoms with E-state index in [1.165, 1.54) is 12.8 Å². The quantitative estimate of drug-likeness (QED) is 0.696. The molecule has 0 spiro atoms. The largest absolute Gasteiger partial charge is 0.463 e. The molecule has 1 N–H and O–H groups in total. The van der Waals surface area contributed by atoms with Crippen LogP contribution in [-0.2, 0) is 9.53 Å². The molecule has 0 amide bonds. The third-order valence-electron chi connectivity index (χ3n) is 3.68. The van der Waals surface area contributed by atoms with Crippen molar-refractivity contribution in [3.8, 4) is 0 Å². The van der Waals surface area contributed by atoms with Crippen molar-refractivity contribution in [1.82, 2.24) is 0 Å². The Labute approximate surface area is 128 Å². The summed E-state index contributed by atoms with van der Waals surface area (Å²) in [6.45, 7) is 14.7. The molecule has 0 aromatic carbocycles. The molecule has 126 valence electrons. The van der Waals surface area contributed by atoms with Crippen LogP contribution in [0.25, 0.3) is 0 Å². The fourth-order valence-electron chi connectivity index (χ4n) is 0.728. The molecule has 0 unspecified atom stereocenters. The van der Waals surface area contributed by atoms with Gasteiger partial charge in [0.2, 0.25) is 0 Å². The first-order valence-corrected chi connectivity index (χ1v) is 6.95. The minimum atomic E-state index is -0.421. The van der Waals surface area contributed by atoms with Crippen molar-refractivity contribution in [2.24, 2.45) is 10.8 Å². The van der Waals surface area contributed by atoms with Crippen LogP contribution in [-0.4, -0.2) is 24.3 Å². The molecule has 0 aliphatic rings. The summed E-state index contributed by atoms with van der Waals surface area (Å²) in [7, 11) is 0. The third-order valence-corrected chi connectivity index (χ3v) is 3.68. The fourth-order valence-corrected chi connectivity index (χ4v) is 0.728. The lowest BCUT2D eigenvalue weighted by molar-refractivity contribution is -0.155. The molecule has 3 heteroatoms. The average molecular weight is 293 g/mol. The summed E-state index contributed by atoms with van der Waals surface area (Å²) >= 11 is 0. The van der Waals surface area contributed by atoms with E-state index >= 15 is 0 Å². The molecule has 0 aliphatic heterocycles. The van der Waals surface area contributed by atoms with Crippen LogP contribution in [0.1, 0.15) is 82.6 Å². The van der Waals surface area contributed by atoms with Crippen molar-refractivity contribution in [3.63, 3.8) is 0 Å². The van der Waals surface area contributed by atoms with E-state index in [2.05, 4.69) is 27.7 Å². The summed E-state index contributed by atoms with van der Waals surface area (Å²) in [5, 5.41) is 8.38. The smallest absolute Gasteiger partial charge is 0.311 e. The Morgan fingerprint density at radius 1 is 0.950 bits per heavy atom. The van der Waals surface area contributed by atoms with Gasteiger partial charge in [-0.25, -0.2) is 0 Å². The second-order valence-electron chi connectivity index (χ2n) is 5.97. The summed E-state index contributed by atoms with van der Waals surface area (Å²) in [6.07, 6.45) is 3.34. The molecule has 0 saturated carbocycles. The number of carbonyl (C=O) groups is 1. The Bertz CT molecular complexity index is 214. The zero-order chi connectivity index (χ0) is 14.8. The van der Waals surface area contributed by atoms with Gasteiger partial charge >= 0.3 is 5.97 Å². The summed E-state index contributed by atoms with van der Waals surface area (Å²) in [5.74, 6) is -0.242. The Morgan fingerprint density at radius 2 is 1.35 bits per heavy atom. The number of ether oxygens (including phenoxy) is 1. The van der Waals surface area contributed by atoms with Crippen molar-refractivity contribution in [3.05, 3.63) is 0 Å². The monoisotopic (exact) mass is 292 g/mol. The van der Waals surface area contributed by atoms with Gasteiger partial charge in [0.15, 0.2) is 0 Å². The molecule has 0 aliphatic carbocycles. The lowest BCUT2D eigenvalue weighted by atomic mass is 9.88. The van der Waals surface area contributed by atoms with Crippen LogP contribution < -0.4 is 0 Å². The van der Waals surface area contributed by atoms with Crippen LogP contribution in [0.3, 0.4) is 0 Å². The van der Waals surface area contributed by atoms with Crippen LogP contribution in [0, 0.1) is 10.8 Å². The van der Waals surface area contributed by atoms with Gasteiger partial charge in [-0.15, -0.1) is 0 Å². The zero-order valence-corrected chi connectivity index (χ0v) is 13.3. The highest BCUT2D eigenvalue weighted by molar-refractivity contribution is 5.75. The number of carbonyl (C=O) groups excluding carboxylic acids is 1. The maximum Gasteiger partial charge on any atom is 0.311 e. The maximum absolute atomic E-state index is 11.1. The van der Waals surface area contributed by atoms with Gasteiger partial charge in [0.1, 0.15) is 6.61 Å². The molecule has 0 aromatic rings.